The van der Waals surface area contributed by atoms with E-state index >= 15 is 0 Å². The summed E-state index contributed by atoms with van der Waals surface area (Å²) in [4.78, 5) is 2.43. The van der Waals surface area contributed by atoms with Crippen LogP contribution in [-0.2, 0) is 4.74 Å². The largest absolute Gasteiger partial charge is 0.374 e. The third-order valence-electron chi connectivity index (χ3n) is 3.42. The smallest absolute Gasteiger partial charge is 0.0853 e. The van der Waals surface area contributed by atoms with Crippen molar-refractivity contribution in [1.29, 1.82) is 0 Å². The number of rotatable bonds is 6. The lowest BCUT2D eigenvalue weighted by molar-refractivity contribution is -0.0401. The van der Waals surface area contributed by atoms with E-state index in [1.54, 1.807) is 0 Å². The lowest BCUT2D eigenvalue weighted by atomic mass is 9.99. The van der Waals surface area contributed by atoms with Gasteiger partial charge in [0.15, 0.2) is 0 Å². The van der Waals surface area contributed by atoms with Crippen LogP contribution in [0.1, 0.15) is 40.0 Å². The zero-order valence-corrected chi connectivity index (χ0v) is 11.1. The van der Waals surface area contributed by atoms with Gasteiger partial charge in [-0.05, 0) is 18.9 Å². The van der Waals surface area contributed by atoms with E-state index in [9.17, 15) is 0 Å². The molecule has 0 spiro atoms. The molecule has 1 aliphatic rings. The number of morpholine rings is 1. The van der Waals surface area contributed by atoms with Gasteiger partial charge in [0.1, 0.15) is 0 Å². The van der Waals surface area contributed by atoms with Crippen LogP contribution in [0.5, 0.6) is 0 Å². The molecule has 16 heavy (non-hydrogen) atoms. The third-order valence-corrected chi connectivity index (χ3v) is 3.42. The Hall–Kier alpha value is -0.120. The van der Waals surface area contributed by atoms with Gasteiger partial charge in [-0.15, -0.1) is 0 Å². The van der Waals surface area contributed by atoms with Crippen LogP contribution in [0.3, 0.4) is 0 Å². The van der Waals surface area contributed by atoms with Gasteiger partial charge in [0, 0.05) is 19.1 Å². The second-order valence-corrected chi connectivity index (χ2v) is 5.29. The zero-order valence-electron chi connectivity index (χ0n) is 11.1. The topological polar surface area (TPSA) is 38.5 Å². The van der Waals surface area contributed by atoms with E-state index in [4.69, 9.17) is 10.5 Å². The van der Waals surface area contributed by atoms with Crippen LogP contribution in [0.4, 0.5) is 0 Å². The summed E-state index contributed by atoms with van der Waals surface area (Å²) in [5.74, 6) is 0.784. The fourth-order valence-corrected chi connectivity index (χ4v) is 2.23. The van der Waals surface area contributed by atoms with Crippen LogP contribution < -0.4 is 5.73 Å². The highest BCUT2D eigenvalue weighted by Gasteiger charge is 2.24. The monoisotopic (exact) mass is 228 g/mol. The van der Waals surface area contributed by atoms with Gasteiger partial charge in [-0.25, -0.2) is 0 Å². The Kier molecular flexibility index (Phi) is 6.32. The molecule has 0 aromatic rings. The number of nitrogens with two attached hydrogens (primary N) is 1. The molecule has 0 saturated carbocycles. The molecule has 1 fully saturated rings. The Morgan fingerprint density at radius 1 is 1.38 bits per heavy atom. The van der Waals surface area contributed by atoms with E-state index in [-0.39, 0.29) is 12.1 Å². The van der Waals surface area contributed by atoms with E-state index in [0.29, 0.717) is 0 Å². The van der Waals surface area contributed by atoms with Crippen LogP contribution in [0, 0.1) is 5.92 Å². The van der Waals surface area contributed by atoms with Crippen molar-refractivity contribution in [2.45, 2.75) is 52.2 Å². The van der Waals surface area contributed by atoms with Gasteiger partial charge in [0.05, 0.1) is 12.7 Å². The molecule has 2 unspecified atom stereocenters. The van der Waals surface area contributed by atoms with Gasteiger partial charge < -0.3 is 10.5 Å². The maximum absolute atomic E-state index is 6.20. The van der Waals surface area contributed by atoms with Crippen molar-refractivity contribution in [3.63, 3.8) is 0 Å². The Morgan fingerprint density at radius 3 is 2.75 bits per heavy atom. The quantitative estimate of drug-likeness (QED) is 0.754. The average Bonchev–Trinajstić information content (AvgIpc) is 2.28. The standard InChI is InChI=1S/C13H28N2O/c1-4-15-8-9-16-13(10-15)12(14)7-5-6-11(2)3/h11-13H,4-10,14H2,1-3H3. The summed E-state index contributed by atoms with van der Waals surface area (Å²) in [7, 11) is 0. The number of ether oxygens (including phenoxy) is 1. The van der Waals surface area contributed by atoms with Gasteiger partial charge in [0.25, 0.3) is 0 Å². The summed E-state index contributed by atoms with van der Waals surface area (Å²) in [5.41, 5.74) is 6.20. The van der Waals surface area contributed by atoms with Crippen molar-refractivity contribution < 1.29 is 4.74 Å². The van der Waals surface area contributed by atoms with Crippen molar-refractivity contribution in [3.05, 3.63) is 0 Å². The molecule has 1 heterocycles. The summed E-state index contributed by atoms with van der Waals surface area (Å²) in [5, 5.41) is 0. The van der Waals surface area contributed by atoms with Crippen LogP contribution in [0.25, 0.3) is 0 Å². The minimum Gasteiger partial charge on any atom is -0.374 e. The molecule has 1 aliphatic heterocycles. The van der Waals surface area contributed by atoms with Crippen molar-refractivity contribution in [2.24, 2.45) is 11.7 Å². The first kappa shape index (κ1) is 13.9. The molecule has 0 amide bonds. The predicted octanol–water partition coefficient (Wildman–Crippen LogP) is 1.86. The second-order valence-electron chi connectivity index (χ2n) is 5.29. The number of likely N-dealkylation sites (N-methyl/N-ethyl adjacent to an activating group) is 1. The number of nitrogens with zero attached hydrogens (tertiary/aromatic N) is 1. The van der Waals surface area contributed by atoms with E-state index < -0.39 is 0 Å². The first-order chi connectivity index (χ1) is 7.63. The summed E-state index contributed by atoms with van der Waals surface area (Å²) < 4.78 is 5.76. The van der Waals surface area contributed by atoms with E-state index in [2.05, 4.69) is 25.7 Å². The number of hydrogen-bond acceptors (Lipinski definition) is 3. The zero-order chi connectivity index (χ0) is 12.0. The van der Waals surface area contributed by atoms with Crippen LogP contribution >= 0.6 is 0 Å². The van der Waals surface area contributed by atoms with Gasteiger partial charge in [-0.3, -0.25) is 4.90 Å². The molecule has 2 atom stereocenters. The normalized spacial score (nSPS) is 24.9. The lowest BCUT2D eigenvalue weighted by Crippen LogP contribution is -2.50. The predicted molar refractivity (Wildman–Crippen MR) is 68.5 cm³/mol. The molecule has 96 valence electrons. The van der Waals surface area contributed by atoms with Crippen LogP contribution in [0.15, 0.2) is 0 Å². The minimum absolute atomic E-state index is 0.216. The van der Waals surface area contributed by atoms with Crippen molar-refractivity contribution in [2.75, 3.05) is 26.2 Å². The summed E-state index contributed by atoms with van der Waals surface area (Å²) in [6, 6.07) is 0.216. The van der Waals surface area contributed by atoms with Crippen molar-refractivity contribution in [1.82, 2.24) is 4.90 Å². The third kappa shape index (κ3) is 4.81. The maximum atomic E-state index is 6.20. The van der Waals surface area contributed by atoms with Crippen molar-refractivity contribution in [3.8, 4) is 0 Å². The summed E-state index contributed by atoms with van der Waals surface area (Å²) >= 11 is 0. The average molecular weight is 228 g/mol. The molecule has 0 radical (unpaired) electrons. The molecule has 0 aromatic carbocycles. The fourth-order valence-electron chi connectivity index (χ4n) is 2.23. The van der Waals surface area contributed by atoms with Crippen molar-refractivity contribution >= 4 is 0 Å². The molecule has 3 nitrogen and oxygen atoms in total. The first-order valence-electron chi connectivity index (χ1n) is 6.73. The van der Waals surface area contributed by atoms with Crippen LogP contribution in [0.2, 0.25) is 0 Å². The Labute approximate surface area is 100 Å². The highest BCUT2D eigenvalue weighted by Crippen LogP contribution is 2.14. The molecule has 1 rings (SSSR count). The van der Waals surface area contributed by atoms with E-state index in [1.165, 1.54) is 12.8 Å². The van der Waals surface area contributed by atoms with E-state index in [0.717, 1.165) is 38.6 Å². The van der Waals surface area contributed by atoms with Gasteiger partial charge in [-0.1, -0.05) is 33.6 Å². The highest BCUT2D eigenvalue weighted by atomic mass is 16.5. The van der Waals surface area contributed by atoms with Gasteiger partial charge in [-0.2, -0.15) is 0 Å². The Morgan fingerprint density at radius 2 is 2.12 bits per heavy atom. The lowest BCUT2D eigenvalue weighted by Gasteiger charge is -2.35. The van der Waals surface area contributed by atoms with Crippen LogP contribution in [-0.4, -0.2) is 43.3 Å². The molecule has 0 bridgehead atoms. The molecular weight excluding hydrogens is 200 g/mol. The van der Waals surface area contributed by atoms with Gasteiger partial charge >= 0.3 is 0 Å². The van der Waals surface area contributed by atoms with E-state index in [1.807, 2.05) is 0 Å². The summed E-state index contributed by atoms with van der Waals surface area (Å²) in [6.45, 7) is 10.8. The maximum Gasteiger partial charge on any atom is 0.0853 e. The number of hydrogen-bond donors (Lipinski definition) is 1. The molecular formula is C13H28N2O. The molecule has 0 aliphatic carbocycles. The Balaban J connectivity index is 2.21. The minimum atomic E-state index is 0.216. The molecule has 3 heteroatoms. The summed E-state index contributed by atoms with van der Waals surface area (Å²) in [6.07, 6.45) is 3.85. The molecule has 2 N–H and O–H groups in total. The Bertz CT molecular complexity index is 185. The fraction of sp³-hybridized carbons (Fsp3) is 1.00. The second kappa shape index (κ2) is 7.25. The first-order valence-corrected chi connectivity index (χ1v) is 6.73. The highest BCUT2D eigenvalue weighted by molar-refractivity contribution is 4.80. The molecule has 1 saturated heterocycles. The van der Waals surface area contributed by atoms with Gasteiger partial charge in [0.2, 0.25) is 0 Å². The molecule has 0 aromatic heterocycles. The SMILES string of the molecule is CCN1CCOC(C(N)CCCC(C)C)C1.